The highest BCUT2D eigenvalue weighted by Crippen LogP contribution is 2.21. The van der Waals surface area contributed by atoms with Gasteiger partial charge in [0.15, 0.2) is 0 Å². The van der Waals surface area contributed by atoms with E-state index in [0.717, 1.165) is 17.5 Å². The van der Waals surface area contributed by atoms with Gasteiger partial charge in [-0.3, -0.25) is 4.98 Å². The first-order chi connectivity index (χ1) is 7.70. The van der Waals surface area contributed by atoms with Crippen molar-refractivity contribution in [2.45, 2.75) is 19.3 Å². The van der Waals surface area contributed by atoms with Crippen molar-refractivity contribution < 1.29 is 0 Å². The van der Waals surface area contributed by atoms with E-state index < -0.39 is 0 Å². The lowest BCUT2D eigenvalue weighted by atomic mass is 9.97. The van der Waals surface area contributed by atoms with Crippen LogP contribution in [0, 0.1) is 0 Å². The summed E-state index contributed by atoms with van der Waals surface area (Å²) in [5, 5.41) is 0. The van der Waals surface area contributed by atoms with Crippen LogP contribution in [-0.2, 0) is 0 Å². The number of nitrogens with two attached hydrogens (primary N) is 2. The summed E-state index contributed by atoms with van der Waals surface area (Å²) in [5.41, 5.74) is 14.1. The minimum absolute atomic E-state index is 0.453. The average Bonchev–Trinajstić information content (AvgIpc) is 2.28. The zero-order valence-electron chi connectivity index (χ0n) is 9.35. The molecular weight excluding hydrogens is 200 g/mol. The Balaban J connectivity index is 2.40. The van der Waals surface area contributed by atoms with Crippen LogP contribution >= 0.6 is 0 Å². The molecule has 0 amide bonds. The van der Waals surface area contributed by atoms with Gasteiger partial charge < -0.3 is 11.5 Å². The molecule has 1 unspecified atom stereocenters. The molecule has 84 valence electrons. The Bertz CT molecular complexity index is 495. The van der Waals surface area contributed by atoms with Crippen molar-refractivity contribution in [3.05, 3.63) is 30.0 Å². The van der Waals surface area contributed by atoms with E-state index in [9.17, 15) is 0 Å². The Morgan fingerprint density at radius 3 is 2.88 bits per heavy atom. The van der Waals surface area contributed by atoms with Crippen molar-refractivity contribution in [3.63, 3.8) is 0 Å². The summed E-state index contributed by atoms with van der Waals surface area (Å²) in [5.74, 6) is 0.906. The van der Waals surface area contributed by atoms with Crippen LogP contribution in [0.1, 0.15) is 24.8 Å². The van der Waals surface area contributed by atoms with Crippen molar-refractivity contribution in [1.29, 1.82) is 0 Å². The maximum atomic E-state index is 5.58. The van der Waals surface area contributed by atoms with Gasteiger partial charge in [-0.15, -0.1) is 0 Å². The van der Waals surface area contributed by atoms with E-state index >= 15 is 0 Å². The molecule has 0 aliphatic carbocycles. The van der Waals surface area contributed by atoms with Crippen LogP contribution < -0.4 is 11.5 Å². The maximum absolute atomic E-state index is 5.58. The smallest absolute Gasteiger partial charge is 0.142 e. The number of hydrogen-bond donors (Lipinski definition) is 2. The van der Waals surface area contributed by atoms with E-state index in [1.807, 2.05) is 6.07 Å². The molecule has 1 atom stereocenters. The predicted molar refractivity (Wildman–Crippen MR) is 66.0 cm³/mol. The lowest BCUT2D eigenvalue weighted by Gasteiger charge is -2.10. The SMILES string of the molecule is CC(CCN)c1ccc2nc(N)cnc2c1. The summed E-state index contributed by atoms with van der Waals surface area (Å²) in [6.07, 6.45) is 2.56. The van der Waals surface area contributed by atoms with Gasteiger partial charge in [0.2, 0.25) is 0 Å². The minimum Gasteiger partial charge on any atom is -0.382 e. The molecule has 0 saturated carbocycles. The monoisotopic (exact) mass is 216 g/mol. The maximum Gasteiger partial charge on any atom is 0.142 e. The normalized spacial score (nSPS) is 12.9. The molecule has 0 saturated heterocycles. The van der Waals surface area contributed by atoms with Gasteiger partial charge in [0, 0.05) is 0 Å². The van der Waals surface area contributed by atoms with Gasteiger partial charge in [-0.2, -0.15) is 0 Å². The molecule has 2 aromatic rings. The lowest BCUT2D eigenvalue weighted by molar-refractivity contribution is 0.691. The van der Waals surface area contributed by atoms with Crippen LogP contribution in [0.15, 0.2) is 24.4 Å². The van der Waals surface area contributed by atoms with E-state index in [4.69, 9.17) is 11.5 Å². The highest BCUT2D eigenvalue weighted by atomic mass is 14.9. The fraction of sp³-hybridized carbons (Fsp3) is 0.333. The second-order valence-electron chi connectivity index (χ2n) is 4.02. The summed E-state index contributed by atoms with van der Waals surface area (Å²) in [4.78, 5) is 8.48. The number of anilines is 1. The molecule has 0 bridgehead atoms. The molecule has 0 aliphatic heterocycles. The minimum atomic E-state index is 0.453. The molecule has 0 radical (unpaired) electrons. The van der Waals surface area contributed by atoms with E-state index in [1.165, 1.54) is 5.56 Å². The van der Waals surface area contributed by atoms with Crippen molar-refractivity contribution >= 4 is 16.9 Å². The van der Waals surface area contributed by atoms with Crippen molar-refractivity contribution in [2.24, 2.45) is 5.73 Å². The Kier molecular flexibility index (Phi) is 3.01. The van der Waals surface area contributed by atoms with Crippen LogP contribution in [0.2, 0.25) is 0 Å². The van der Waals surface area contributed by atoms with Gasteiger partial charge in [0.25, 0.3) is 0 Å². The van der Waals surface area contributed by atoms with E-state index in [-0.39, 0.29) is 0 Å². The zero-order chi connectivity index (χ0) is 11.5. The number of nitrogen functional groups attached to an aromatic ring is 1. The first kappa shape index (κ1) is 10.8. The first-order valence-electron chi connectivity index (χ1n) is 5.43. The third-order valence-electron chi connectivity index (χ3n) is 2.75. The number of fused-ring (bicyclic) bond motifs is 1. The molecule has 4 N–H and O–H groups in total. The van der Waals surface area contributed by atoms with Crippen molar-refractivity contribution in [1.82, 2.24) is 9.97 Å². The highest BCUT2D eigenvalue weighted by Gasteiger charge is 2.06. The second kappa shape index (κ2) is 4.45. The Morgan fingerprint density at radius 2 is 2.12 bits per heavy atom. The first-order valence-corrected chi connectivity index (χ1v) is 5.43. The molecule has 2 rings (SSSR count). The van der Waals surface area contributed by atoms with Crippen LogP contribution in [0.25, 0.3) is 11.0 Å². The van der Waals surface area contributed by atoms with Gasteiger partial charge in [0.1, 0.15) is 5.82 Å². The predicted octanol–water partition coefficient (Wildman–Crippen LogP) is 1.66. The summed E-state index contributed by atoms with van der Waals surface area (Å²) >= 11 is 0. The molecule has 1 aromatic heterocycles. The lowest BCUT2D eigenvalue weighted by Crippen LogP contribution is -2.04. The average molecular weight is 216 g/mol. The molecule has 1 aromatic carbocycles. The highest BCUT2D eigenvalue weighted by molar-refractivity contribution is 5.76. The number of aromatic nitrogens is 2. The van der Waals surface area contributed by atoms with Gasteiger partial charge in [-0.25, -0.2) is 4.98 Å². The largest absolute Gasteiger partial charge is 0.382 e. The van der Waals surface area contributed by atoms with Gasteiger partial charge in [0.05, 0.1) is 17.2 Å². The van der Waals surface area contributed by atoms with E-state index in [1.54, 1.807) is 6.20 Å². The quantitative estimate of drug-likeness (QED) is 0.818. The number of rotatable bonds is 3. The Morgan fingerprint density at radius 1 is 1.31 bits per heavy atom. The summed E-state index contributed by atoms with van der Waals surface area (Å²) < 4.78 is 0. The summed E-state index contributed by atoms with van der Waals surface area (Å²) in [6, 6.07) is 6.08. The Hall–Kier alpha value is -1.68. The molecule has 0 spiro atoms. The standard InChI is InChI=1S/C12H16N4/c1-8(4-5-13)9-2-3-10-11(6-9)15-7-12(14)16-10/h2-3,6-8H,4-5,13H2,1H3,(H2,14,16). The van der Waals surface area contributed by atoms with E-state index in [2.05, 4.69) is 29.0 Å². The number of benzene rings is 1. The van der Waals surface area contributed by atoms with Crippen LogP contribution in [-0.4, -0.2) is 16.5 Å². The molecule has 16 heavy (non-hydrogen) atoms. The summed E-state index contributed by atoms with van der Waals surface area (Å²) in [7, 11) is 0. The molecule has 4 nitrogen and oxygen atoms in total. The van der Waals surface area contributed by atoms with Crippen molar-refractivity contribution in [2.75, 3.05) is 12.3 Å². The topological polar surface area (TPSA) is 77.8 Å². The summed E-state index contributed by atoms with van der Waals surface area (Å²) in [6.45, 7) is 2.87. The molecule has 0 aliphatic rings. The van der Waals surface area contributed by atoms with Gasteiger partial charge >= 0.3 is 0 Å². The number of nitrogens with zero attached hydrogens (tertiary/aromatic N) is 2. The third-order valence-corrected chi connectivity index (χ3v) is 2.75. The van der Waals surface area contributed by atoms with Crippen LogP contribution in [0.3, 0.4) is 0 Å². The molecular formula is C12H16N4. The van der Waals surface area contributed by atoms with Crippen LogP contribution in [0.4, 0.5) is 5.82 Å². The van der Waals surface area contributed by atoms with Gasteiger partial charge in [-0.1, -0.05) is 13.0 Å². The molecule has 4 heteroatoms. The molecule has 0 fully saturated rings. The molecule has 1 heterocycles. The second-order valence-corrected chi connectivity index (χ2v) is 4.02. The van der Waals surface area contributed by atoms with Crippen LogP contribution in [0.5, 0.6) is 0 Å². The fourth-order valence-corrected chi connectivity index (χ4v) is 1.77. The Labute approximate surface area is 94.7 Å². The third kappa shape index (κ3) is 2.12. The van der Waals surface area contributed by atoms with E-state index in [0.29, 0.717) is 18.3 Å². The number of hydrogen-bond acceptors (Lipinski definition) is 4. The van der Waals surface area contributed by atoms with Gasteiger partial charge in [-0.05, 0) is 36.6 Å². The van der Waals surface area contributed by atoms with Crippen molar-refractivity contribution in [3.8, 4) is 0 Å². The fourth-order valence-electron chi connectivity index (χ4n) is 1.77. The zero-order valence-corrected chi connectivity index (χ0v) is 9.35.